The number of hydrogen-bond donors (Lipinski definition) is 1. The van der Waals surface area contributed by atoms with Crippen LogP contribution in [0.2, 0.25) is 0 Å². The van der Waals surface area contributed by atoms with Gasteiger partial charge in [0.15, 0.2) is 11.5 Å². The topological polar surface area (TPSA) is 47.6 Å². The number of amides is 1. The smallest absolute Gasteiger partial charge is 0.231 e. The summed E-state index contributed by atoms with van der Waals surface area (Å²) in [6.45, 7) is 6.37. The summed E-state index contributed by atoms with van der Waals surface area (Å²) in [5.74, 6) is 1.50. The summed E-state index contributed by atoms with van der Waals surface area (Å²) in [5, 5.41) is 2.89. The van der Waals surface area contributed by atoms with Gasteiger partial charge in [-0.2, -0.15) is 0 Å². The van der Waals surface area contributed by atoms with Crippen molar-refractivity contribution in [2.24, 2.45) is 5.41 Å². The molecule has 17 heavy (non-hydrogen) atoms. The van der Waals surface area contributed by atoms with E-state index in [2.05, 4.69) is 5.32 Å². The predicted octanol–water partition coefficient (Wildman–Crippen LogP) is 2.08. The van der Waals surface area contributed by atoms with E-state index in [1.807, 2.05) is 39.0 Å². The summed E-state index contributed by atoms with van der Waals surface area (Å²) in [7, 11) is 0. The maximum absolute atomic E-state index is 11.8. The average Bonchev–Trinajstić information content (AvgIpc) is 2.72. The van der Waals surface area contributed by atoms with Gasteiger partial charge in [0.2, 0.25) is 12.7 Å². The van der Waals surface area contributed by atoms with Crippen molar-refractivity contribution in [3.05, 3.63) is 23.8 Å². The molecule has 1 aromatic carbocycles. The van der Waals surface area contributed by atoms with Gasteiger partial charge in [0.1, 0.15) is 0 Å². The van der Waals surface area contributed by atoms with Crippen LogP contribution in [0.3, 0.4) is 0 Å². The Morgan fingerprint density at radius 2 is 2.12 bits per heavy atom. The third kappa shape index (κ3) is 2.52. The van der Waals surface area contributed by atoms with Gasteiger partial charge in [0.05, 0.1) is 0 Å². The lowest BCUT2D eigenvalue weighted by Gasteiger charge is -2.18. The summed E-state index contributed by atoms with van der Waals surface area (Å²) in [5.41, 5.74) is 0.563. The minimum atomic E-state index is -0.380. The third-order valence-corrected chi connectivity index (χ3v) is 2.60. The first kappa shape index (κ1) is 11.8. The lowest BCUT2D eigenvalue weighted by molar-refractivity contribution is -0.128. The van der Waals surface area contributed by atoms with E-state index in [1.165, 1.54) is 0 Å². The molecule has 92 valence electrons. The van der Waals surface area contributed by atoms with Gasteiger partial charge in [0.25, 0.3) is 0 Å². The molecule has 1 N–H and O–H groups in total. The molecule has 0 saturated heterocycles. The minimum Gasteiger partial charge on any atom is -0.454 e. The van der Waals surface area contributed by atoms with Crippen LogP contribution in [0.15, 0.2) is 18.2 Å². The summed E-state index contributed by atoms with van der Waals surface area (Å²) in [6.07, 6.45) is 0. The molecule has 0 atom stereocenters. The SMILES string of the molecule is CC(C)(C)C(=O)NCc1cccc2c1OCO2. The van der Waals surface area contributed by atoms with Crippen molar-refractivity contribution in [3.8, 4) is 11.5 Å². The molecule has 1 amide bonds. The first-order valence-electron chi connectivity index (χ1n) is 5.64. The largest absolute Gasteiger partial charge is 0.454 e. The Kier molecular flexibility index (Phi) is 2.96. The molecule has 0 bridgehead atoms. The number of para-hydroxylation sites is 1. The zero-order chi connectivity index (χ0) is 12.5. The normalized spacial score (nSPS) is 13.6. The van der Waals surface area contributed by atoms with Crippen molar-refractivity contribution in [2.45, 2.75) is 27.3 Å². The molecule has 2 rings (SSSR count). The van der Waals surface area contributed by atoms with Crippen molar-refractivity contribution in [1.82, 2.24) is 5.32 Å². The number of benzene rings is 1. The van der Waals surface area contributed by atoms with Crippen LogP contribution in [-0.2, 0) is 11.3 Å². The maximum Gasteiger partial charge on any atom is 0.231 e. The first-order valence-corrected chi connectivity index (χ1v) is 5.64. The lowest BCUT2D eigenvalue weighted by Crippen LogP contribution is -2.34. The Labute approximate surface area is 101 Å². The fourth-order valence-electron chi connectivity index (χ4n) is 1.57. The molecule has 0 saturated carbocycles. The Bertz CT molecular complexity index is 435. The number of nitrogens with one attached hydrogen (secondary N) is 1. The highest BCUT2D eigenvalue weighted by atomic mass is 16.7. The van der Waals surface area contributed by atoms with E-state index in [0.717, 1.165) is 17.1 Å². The summed E-state index contributed by atoms with van der Waals surface area (Å²) >= 11 is 0. The molecular weight excluding hydrogens is 218 g/mol. The van der Waals surface area contributed by atoms with Crippen LogP contribution in [-0.4, -0.2) is 12.7 Å². The zero-order valence-electron chi connectivity index (χ0n) is 10.4. The second-order valence-electron chi connectivity index (χ2n) is 5.08. The molecule has 0 fully saturated rings. The first-order chi connectivity index (χ1) is 7.98. The quantitative estimate of drug-likeness (QED) is 0.853. The van der Waals surface area contributed by atoms with Gasteiger partial charge >= 0.3 is 0 Å². The van der Waals surface area contributed by atoms with E-state index in [9.17, 15) is 4.79 Å². The van der Waals surface area contributed by atoms with Crippen molar-refractivity contribution >= 4 is 5.91 Å². The van der Waals surface area contributed by atoms with Crippen LogP contribution in [0.1, 0.15) is 26.3 Å². The molecule has 0 aliphatic carbocycles. The fourth-order valence-corrected chi connectivity index (χ4v) is 1.57. The Balaban J connectivity index is 2.06. The van der Waals surface area contributed by atoms with Gasteiger partial charge in [-0.25, -0.2) is 0 Å². The molecule has 0 radical (unpaired) electrons. The number of rotatable bonds is 2. The third-order valence-electron chi connectivity index (χ3n) is 2.60. The van der Waals surface area contributed by atoms with Gasteiger partial charge in [-0.05, 0) is 6.07 Å². The van der Waals surface area contributed by atoms with Crippen molar-refractivity contribution in [3.63, 3.8) is 0 Å². The highest BCUT2D eigenvalue weighted by Crippen LogP contribution is 2.35. The van der Waals surface area contributed by atoms with E-state index in [4.69, 9.17) is 9.47 Å². The van der Waals surface area contributed by atoms with Crippen molar-refractivity contribution in [2.75, 3.05) is 6.79 Å². The minimum absolute atomic E-state index is 0.0222. The van der Waals surface area contributed by atoms with Gasteiger partial charge in [-0.3, -0.25) is 4.79 Å². The molecule has 0 spiro atoms. The van der Waals surface area contributed by atoms with Crippen LogP contribution in [0.4, 0.5) is 0 Å². The second kappa shape index (κ2) is 4.28. The van der Waals surface area contributed by atoms with Crippen molar-refractivity contribution < 1.29 is 14.3 Å². The summed E-state index contributed by atoms with van der Waals surface area (Å²) in [4.78, 5) is 11.8. The molecule has 4 nitrogen and oxygen atoms in total. The summed E-state index contributed by atoms with van der Waals surface area (Å²) < 4.78 is 10.7. The van der Waals surface area contributed by atoms with Crippen LogP contribution in [0.5, 0.6) is 11.5 Å². The number of carbonyl (C=O) groups is 1. The lowest BCUT2D eigenvalue weighted by atomic mass is 9.95. The van der Waals surface area contributed by atoms with Crippen LogP contribution >= 0.6 is 0 Å². The molecule has 1 aromatic rings. The Hall–Kier alpha value is -1.71. The Morgan fingerprint density at radius 1 is 1.35 bits per heavy atom. The molecule has 1 heterocycles. The number of fused-ring (bicyclic) bond motifs is 1. The highest BCUT2D eigenvalue weighted by Gasteiger charge is 2.22. The highest BCUT2D eigenvalue weighted by molar-refractivity contribution is 5.81. The average molecular weight is 235 g/mol. The molecule has 1 aliphatic heterocycles. The standard InChI is InChI=1S/C13H17NO3/c1-13(2,3)12(15)14-7-9-5-4-6-10-11(9)17-8-16-10/h4-6H,7-8H2,1-3H3,(H,14,15). The zero-order valence-corrected chi connectivity index (χ0v) is 10.4. The monoisotopic (exact) mass is 235 g/mol. The second-order valence-corrected chi connectivity index (χ2v) is 5.08. The Morgan fingerprint density at radius 3 is 2.82 bits per heavy atom. The van der Waals surface area contributed by atoms with E-state index < -0.39 is 0 Å². The van der Waals surface area contributed by atoms with Crippen molar-refractivity contribution in [1.29, 1.82) is 0 Å². The molecule has 0 aromatic heterocycles. The maximum atomic E-state index is 11.8. The van der Waals surface area contributed by atoms with E-state index in [1.54, 1.807) is 0 Å². The molecule has 1 aliphatic rings. The van der Waals surface area contributed by atoms with Gasteiger partial charge in [0, 0.05) is 17.5 Å². The van der Waals surface area contributed by atoms with E-state index >= 15 is 0 Å². The van der Waals surface area contributed by atoms with Gasteiger partial charge in [-0.15, -0.1) is 0 Å². The molecule has 0 unspecified atom stereocenters. The van der Waals surface area contributed by atoms with E-state index in [-0.39, 0.29) is 18.1 Å². The molecular formula is C13H17NO3. The summed E-state index contributed by atoms with van der Waals surface area (Å²) in [6, 6.07) is 5.68. The number of hydrogen-bond acceptors (Lipinski definition) is 3. The fraction of sp³-hybridized carbons (Fsp3) is 0.462. The van der Waals surface area contributed by atoms with Crippen LogP contribution in [0.25, 0.3) is 0 Å². The number of carbonyl (C=O) groups excluding carboxylic acids is 1. The van der Waals surface area contributed by atoms with Gasteiger partial charge in [-0.1, -0.05) is 32.9 Å². The number of ether oxygens (including phenoxy) is 2. The van der Waals surface area contributed by atoms with Crippen LogP contribution in [0, 0.1) is 5.41 Å². The van der Waals surface area contributed by atoms with E-state index in [0.29, 0.717) is 6.54 Å². The van der Waals surface area contributed by atoms with Crippen LogP contribution < -0.4 is 14.8 Å². The molecule has 4 heteroatoms. The predicted molar refractivity (Wildman–Crippen MR) is 63.9 cm³/mol. The van der Waals surface area contributed by atoms with Gasteiger partial charge < -0.3 is 14.8 Å².